The molecule has 1 unspecified atom stereocenters. The normalized spacial score (nSPS) is 24.7. The van der Waals surface area contributed by atoms with Crippen LogP contribution in [0.15, 0.2) is 23.1 Å². The minimum Gasteiger partial charge on any atom is -0.398 e. The molecule has 1 atom stereocenters. The molecule has 21 heavy (non-hydrogen) atoms. The highest BCUT2D eigenvalue weighted by molar-refractivity contribution is 7.89. The Kier molecular flexibility index (Phi) is 4.17. The lowest BCUT2D eigenvalue weighted by molar-refractivity contribution is 0.288. The van der Waals surface area contributed by atoms with Gasteiger partial charge in [-0.25, -0.2) is 8.42 Å². The Bertz CT molecular complexity index is 627. The fraction of sp³-hybridized carbons (Fsp3) is 0.600. The second-order valence-corrected chi connectivity index (χ2v) is 8.35. The van der Waals surface area contributed by atoms with Gasteiger partial charge in [0.25, 0.3) is 0 Å². The predicted molar refractivity (Wildman–Crippen MR) is 84.7 cm³/mol. The lowest BCUT2D eigenvalue weighted by Crippen LogP contribution is -2.39. The van der Waals surface area contributed by atoms with Crippen LogP contribution in [0.1, 0.15) is 38.5 Å². The highest BCUT2D eigenvalue weighted by atomic mass is 35.5. The van der Waals surface area contributed by atoms with E-state index in [1.54, 1.807) is 10.4 Å². The first-order valence-corrected chi connectivity index (χ1v) is 9.39. The van der Waals surface area contributed by atoms with Gasteiger partial charge >= 0.3 is 0 Å². The quantitative estimate of drug-likeness (QED) is 0.866. The van der Waals surface area contributed by atoms with Crippen LogP contribution in [0.5, 0.6) is 0 Å². The van der Waals surface area contributed by atoms with Gasteiger partial charge in [0.2, 0.25) is 10.0 Å². The van der Waals surface area contributed by atoms with Crippen LogP contribution < -0.4 is 5.73 Å². The van der Waals surface area contributed by atoms with Gasteiger partial charge in [-0.2, -0.15) is 4.31 Å². The number of hydrogen-bond donors (Lipinski definition) is 1. The average Bonchev–Trinajstić information content (AvgIpc) is 3.09. The van der Waals surface area contributed by atoms with Crippen molar-refractivity contribution >= 4 is 27.3 Å². The molecular formula is C15H21ClN2O2S. The number of rotatable bonds is 3. The van der Waals surface area contributed by atoms with Crippen LogP contribution in [0, 0.1) is 5.92 Å². The minimum atomic E-state index is -3.52. The number of anilines is 1. The molecule has 1 heterocycles. The molecule has 1 saturated carbocycles. The number of nitrogens with two attached hydrogens (primary N) is 1. The topological polar surface area (TPSA) is 63.4 Å². The zero-order chi connectivity index (χ0) is 15.0. The van der Waals surface area contributed by atoms with Crippen molar-refractivity contribution in [3.63, 3.8) is 0 Å². The zero-order valence-electron chi connectivity index (χ0n) is 12.0. The van der Waals surface area contributed by atoms with Crippen LogP contribution in [0.25, 0.3) is 0 Å². The lowest BCUT2D eigenvalue weighted by atomic mass is 9.97. The molecule has 0 spiro atoms. The van der Waals surface area contributed by atoms with E-state index in [2.05, 4.69) is 0 Å². The van der Waals surface area contributed by atoms with E-state index in [1.807, 2.05) is 0 Å². The molecular weight excluding hydrogens is 308 g/mol. The fourth-order valence-electron chi connectivity index (χ4n) is 3.76. The number of hydrogen-bond acceptors (Lipinski definition) is 3. The third-order valence-corrected chi connectivity index (χ3v) is 6.98. The monoisotopic (exact) mass is 328 g/mol. The largest absolute Gasteiger partial charge is 0.398 e. The Balaban J connectivity index is 1.93. The van der Waals surface area contributed by atoms with Gasteiger partial charge in [0, 0.05) is 17.6 Å². The van der Waals surface area contributed by atoms with Crippen molar-refractivity contribution in [2.75, 3.05) is 12.3 Å². The smallest absolute Gasteiger partial charge is 0.245 e. The van der Waals surface area contributed by atoms with E-state index in [0.717, 1.165) is 25.7 Å². The van der Waals surface area contributed by atoms with Gasteiger partial charge in [0.1, 0.15) is 4.90 Å². The summed E-state index contributed by atoms with van der Waals surface area (Å²) in [5, 5.41) is 0.459. The second kappa shape index (κ2) is 5.78. The van der Waals surface area contributed by atoms with Crippen molar-refractivity contribution in [3.05, 3.63) is 23.2 Å². The summed E-state index contributed by atoms with van der Waals surface area (Å²) in [4.78, 5) is 0.191. The maximum atomic E-state index is 12.9. The van der Waals surface area contributed by atoms with Crippen molar-refractivity contribution in [2.45, 2.75) is 49.5 Å². The number of halogens is 1. The third kappa shape index (κ3) is 2.79. The first-order valence-electron chi connectivity index (χ1n) is 7.57. The summed E-state index contributed by atoms with van der Waals surface area (Å²) in [6.07, 6.45) is 6.64. The van der Waals surface area contributed by atoms with E-state index in [1.165, 1.54) is 25.0 Å². The number of nitrogen functional groups attached to an aromatic ring is 1. The van der Waals surface area contributed by atoms with E-state index in [9.17, 15) is 8.42 Å². The van der Waals surface area contributed by atoms with E-state index >= 15 is 0 Å². The molecule has 0 amide bonds. The Morgan fingerprint density at radius 3 is 2.52 bits per heavy atom. The number of sulfonamides is 1. The maximum Gasteiger partial charge on any atom is 0.245 e. The maximum absolute atomic E-state index is 12.9. The molecule has 4 nitrogen and oxygen atoms in total. The van der Waals surface area contributed by atoms with Crippen molar-refractivity contribution in [3.8, 4) is 0 Å². The molecule has 0 bridgehead atoms. The zero-order valence-corrected chi connectivity index (χ0v) is 13.5. The van der Waals surface area contributed by atoms with E-state index in [-0.39, 0.29) is 16.6 Å². The lowest BCUT2D eigenvalue weighted by Gasteiger charge is -2.29. The summed E-state index contributed by atoms with van der Waals surface area (Å²) < 4.78 is 27.6. The first-order chi connectivity index (χ1) is 10.00. The Morgan fingerprint density at radius 1 is 1.14 bits per heavy atom. The van der Waals surface area contributed by atoms with Crippen LogP contribution in [-0.2, 0) is 10.0 Å². The highest BCUT2D eigenvalue weighted by Gasteiger charge is 2.40. The molecule has 2 N–H and O–H groups in total. The Hall–Kier alpha value is -0.780. The molecule has 0 radical (unpaired) electrons. The summed E-state index contributed by atoms with van der Waals surface area (Å²) >= 11 is 5.87. The second-order valence-electron chi connectivity index (χ2n) is 6.05. The van der Waals surface area contributed by atoms with Gasteiger partial charge in [-0.05, 0) is 49.8 Å². The van der Waals surface area contributed by atoms with Crippen LogP contribution in [0.4, 0.5) is 5.69 Å². The molecule has 1 aromatic carbocycles. The standard InChI is InChI=1S/C15H21ClN2O2S/c16-12-7-8-15(13(17)10-12)21(19,20)18-9-3-6-14(18)11-4-1-2-5-11/h7-8,10-11,14H,1-6,9,17H2. The van der Waals surface area contributed by atoms with Gasteiger partial charge in [0.15, 0.2) is 0 Å². The van der Waals surface area contributed by atoms with Gasteiger partial charge in [-0.3, -0.25) is 0 Å². The molecule has 1 aliphatic carbocycles. The van der Waals surface area contributed by atoms with Gasteiger partial charge in [-0.15, -0.1) is 0 Å². The SMILES string of the molecule is Nc1cc(Cl)ccc1S(=O)(=O)N1CCCC1C1CCCC1. The van der Waals surface area contributed by atoms with E-state index < -0.39 is 10.0 Å². The molecule has 2 fully saturated rings. The van der Waals surface area contributed by atoms with Crippen molar-refractivity contribution in [1.82, 2.24) is 4.31 Å². The first kappa shape index (κ1) is 15.1. The predicted octanol–water partition coefficient (Wildman–Crippen LogP) is 3.27. The molecule has 1 saturated heterocycles. The fourth-order valence-corrected chi connectivity index (χ4v) is 5.79. The average molecular weight is 329 g/mol. The van der Waals surface area contributed by atoms with E-state index in [4.69, 9.17) is 17.3 Å². The highest BCUT2D eigenvalue weighted by Crippen LogP contribution is 2.39. The Labute approximate surface area is 131 Å². The van der Waals surface area contributed by atoms with Crippen LogP contribution in [-0.4, -0.2) is 25.3 Å². The molecule has 116 valence electrons. The molecule has 3 rings (SSSR count). The summed E-state index contributed by atoms with van der Waals surface area (Å²) in [5.74, 6) is 0.510. The third-order valence-electron chi connectivity index (χ3n) is 4.75. The molecule has 1 aliphatic heterocycles. The Morgan fingerprint density at radius 2 is 1.86 bits per heavy atom. The number of nitrogens with zero attached hydrogens (tertiary/aromatic N) is 1. The van der Waals surface area contributed by atoms with Crippen molar-refractivity contribution in [1.29, 1.82) is 0 Å². The van der Waals surface area contributed by atoms with Gasteiger partial charge in [-0.1, -0.05) is 24.4 Å². The van der Waals surface area contributed by atoms with Gasteiger partial charge in [0.05, 0.1) is 5.69 Å². The van der Waals surface area contributed by atoms with E-state index in [0.29, 0.717) is 17.5 Å². The summed E-state index contributed by atoms with van der Waals surface area (Å²) in [7, 11) is -3.52. The minimum absolute atomic E-state index is 0.146. The van der Waals surface area contributed by atoms with Crippen LogP contribution >= 0.6 is 11.6 Å². The summed E-state index contributed by atoms with van der Waals surface area (Å²) in [5.41, 5.74) is 6.12. The molecule has 2 aliphatic rings. The summed E-state index contributed by atoms with van der Waals surface area (Å²) in [6, 6.07) is 4.77. The molecule has 0 aromatic heterocycles. The van der Waals surface area contributed by atoms with Crippen LogP contribution in [0.2, 0.25) is 5.02 Å². The summed E-state index contributed by atoms with van der Waals surface area (Å²) in [6.45, 7) is 0.603. The number of benzene rings is 1. The van der Waals surface area contributed by atoms with Gasteiger partial charge < -0.3 is 5.73 Å². The van der Waals surface area contributed by atoms with Crippen LogP contribution in [0.3, 0.4) is 0 Å². The van der Waals surface area contributed by atoms with Crippen molar-refractivity contribution in [2.24, 2.45) is 5.92 Å². The molecule has 1 aromatic rings. The molecule has 6 heteroatoms. The van der Waals surface area contributed by atoms with Crippen molar-refractivity contribution < 1.29 is 8.42 Å².